The third kappa shape index (κ3) is 3.68. The second-order valence-electron chi connectivity index (χ2n) is 6.55. The molecule has 1 aromatic heterocycles. The number of rotatable bonds is 4. The van der Waals surface area contributed by atoms with Crippen molar-refractivity contribution in [1.82, 2.24) is 0 Å². The van der Waals surface area contributed by atoms with Crippen LogP contribution >= 0.6 is 34.5 Å². The zero-order valence-corrected chi connectivity index (χ0v) is 17.5. The summed E-state index contributed by atoms with van der Waals surface area (Å²) in [5, 5.41) is 3.12. The lowest BCUT2D eigenvalue weighted by molar-refractivity contribution is 0.101. The van der Waals surface area contributed by atoms with E-state index in [0.29, 0.717) is 39.5 Å². The second kappa shape index (κ2) is 7.63. The Morgan fingerprint density at radius 1 is 1.11 bits per heavy atom. The number of carbonyl (C=O) groups excluding carboxylic acids is 1. The Bertz CT molecular complexity index is 1110. The maximum atomic E-state index is 12.8. The number of fused-ring (bicyclic) bond motifs is 1. The van der Waals surface area contributed by atoms with Crippen molar-refractivity contribution in [3.8, 4) is 11.5 Å². The highest BCUT2D eigenvalue weighted by molar-refractivity contribution is 7.11. The summed E-state index contributed by atoms with van der Waals surface area (Å²) < 4.78 is 11.7. The highest BCUT2D eigenvalue weighted by atomic mass is 35.5. The Labute approximate surface area is 177 Å². The fraction of sp³-hybridized carbons (Fsp3) is 0.136. The van der Waals surface area contributed by atoms with Crippen LogP contribution in [0.5, 0.6) is 11.5 Å². The molecule has 142 valence electrons. The fourth-order valence-corrected chi connectivity index (χ4v) is 4.32. The standard InChI is InChI=1S/C22H16Cl2O3S/c1-12-5-6-28-20(12)10-19-22(25)21-13(2)7-16(9-18(21)27-19)26-11-14-3-4-15(23)8-17(14)24/h3-10H,11H2,1-2H3/b19-10-. The molecule has 0 amide bonds. The smallest absolute Gasteiger partial charge is 0.232 e. The quantitative estimate of drug-likeness (QED) is 0.423. The molecule has 0 radical (unpaired) electrons. The summed E-state index contributed by atoms with van der Waals surface area (Å²) in [6, 6.07) is 10.9. The highest BCUT2D eigenvalue weighted by Crippen LogP contribution is 2.38. The van der Waals surface area contributed by atoms with Gasteiger partial charge in [0, 0.05) is 32.6 Å². The predicted octanol–water partition coefficient (Wildman–Crippen LogP) is 6.87. The number of aryl methyl sites for hydroxylation is 2. The molecule has 2 aromatic carbocycles. The molecular weight excluding hydrogens is 415 g/mol. The molecule has 0 spiro atoms. The van der Waals surface area contributed by atoms with E-state index in [0.717, 1.165) is 21.6 Å². The molecule has 0 saturated carbocycles. The van der Waals surface area contributed by atoms with E-state index in [2.05, 4.69) is 0 Å². The average molecular weight is 431 g/mol. The number of thiophene rings is 1. The van der Waals surface area contributed by atoms with Gasteiger partial charge in [-0.3, -0.25) is 4.79 Å². The summed E-state index contributed by atoms with van der Waals surface area (Å²) in [6.45, 7) is 4.18. The van der Waals surface area contributed by atoms with Gasteiger partial charge in [0.2, 0.25) is 5.78 Å². The van der Waals surface area contributed by atoms with Gasteiger partial charge in [-0.15, -0.1) is 11.3 Å². The maximum absolute atomic E-state index is 12.8. The monoisotopic (exact) mass is 430 g/mol. The summed E-state index contributed by atoms with van der Waals surface area (Å²) in [5.41, 5.74) is 3.34. The lowest BCUT2D eigenvalue weighted by atomic mass is 10.0. The molecule has 0 saturated heterocycles. The molecule has 28 heavy (non-hydrogen) atoms. The molecule has 6 heteroatoms. The molecule has 2 heterocycles. The average Bonchev–Trinajstić information content (AvgIpc) is 3.18. The number of benzene rings is 2. The Kier molecular flexibility index (Phi) is 5.19. The van der Waals surface area contributed by atoms with Crippen molar-refractivity contribution in [2.45, 2.75) is 20.5 Å². The fourth-order valence-electron chi connectivity index (χ4n) is 3.01. The van der Waals surface area contributed by atoms with E-state index >= 15 is 0 Å². The van der Waals surface area contributed by atoms with Crippen molar-refractivity contribution in [3.05, 3.63) is 84.7 Å². The zero-order valence-electron chi connectivity index (χ0n) is 15.2. The van der Waals surface area contributed by atoms with Crippen LogP contribution < -0.4 is 9.47 Å². The topological polar surface area (TPSA) is 35.5 Å². The summed E-state index contributed by atoms with van der Waals surface area (Å²) in [4.78, 5) is 13.8. The van der Waals surface area contributed by atoms with E-state index in [1.54, 1.807) is 35.6 Å². The van der Waals surface area contributed by atoms with Crippen LogP contribution in [0.1, 0.15) is 31.9 Å². The van der Waals surface area contributed by atoms with Gasteiger partial charge in [-0.2, -0.15) is 0 Å². The van der Waals surface area contributed by atoms with Crippen LogP contribution in [0.2, 0.25) is 10.0 Å². The lowest BCUT2D eigenvalue weighted by Gasteiger charge is -2.10. The van der Waals surface area contributed by atoms with E-state index in [4.69, 9.17) is 32.7 Å². The number of ketones is 1. The van der Waals surface area contributed by atoms with Gasteiger partial charge >= 0.3 is 0 Å². The molecule has 3 aromatic rings. The largest absolute Gasteiger partial charge is 0.489 e. The van der Waals surface area contributed by atoms with E-state index in [1.165, 1.54) is 0 Å². The Morgan fingerprint density at radius 2 is 1.93 bits per heavy atom. The number of carbonyl (C=O) groups is 1. The van der Waals surface area contributed by atoms with Crippen LogP contribution in [-0.4, -0.2) is 5.78 Å². The van der Waals surface area contributed by atoms with Crippen molar-refractivity contribution < 1.29 is 14.3 Å². The van der Waals surface area contributed by atoms with Crippen LogP contribution in [0.3, 0.4) is 0 Å². The van der Waals surface area contributed by atoms with Crippen LogP contribution in [-0.2, 0) is 6.61 Å². The van der Waals surface area contributed by atoms with Crippen LogP contribution in [0.15, 0.2) is 47.5 Å². The van der Waals surface area contributed by atoms with Gasteiger partial charge in [-0.25, -0.2) is 0 Å². The molecule has 1 aliphatic heterocycles. The summed E-state index contributed by atoms with van der Waals surface area (Å²) in [6.07, 6.45) is 1.80. The van der Waals surface area contributed by atoms with Gasteiger partial charge in [0.1, 0.15) is 18.1 Å². The van der Waals surface area contributed by atoms with Crippen molar-refractivity contribution in [2.24, 2.45) is 0 Å². The van der Waals surface area contributed by atoms with E-state index in [-0.39, 0.29) is 5.78 Å². The van der Waals surface area contributed by atoms with Crippen molar-refractivity contribution in [2.75, 3.05) is 0 Å². The minimum absolute atomic E-state index is 0.104. The van der Waals surface area contributed by atoms with Crippen molar-refractivity contribution >= 4 is 46.4 Å². The first-order valence-corrected chi connectivity index (χ1v) is 10.3. The predicted molar refractivity (Wildman–Crippen MR) is 114 cm³/mol. The minimum atomic E-state index is -0.104. The molecule has 3 nitrogen and oxygen atoms in total. The molecule has 0 N–H and O–H groups in total. The second-order valence-corrected chi connectivity index (χ2v) is 8.34. The number of hydrogen-bond acceptors (Lipinski definition) is 4. The molecule has 0 bridgehead atoms. The summed E-state index contributed by atoms with van der Waals surface area (Å²) >= 11 is 13.7. The molecular formula is C22H16Cl2O3S. The molecule has 0 aliphatic carbocycles. The third-order valence-corrected chi connectivity index (χ3v) is 6.07. The Morgan fingerprint density at radius 3 is 2.64 bits per heavy atom. The minimum Gasteiger partial charge on any atom is -0.489 e. The highest BCUT2D eigenvalue weighted by Gasteiger charge is 2.30. The first kappa shape index (κ1) is 19.1. The lowest BCUT2D eigenvalue weighted by Crippen LogP contribution is -2.00. The van der Waals surface area contributed by atoms with E-state index in [9.17, 15) is 4.79 Å². The maximum Gasteiger partial charge on any atom is 0.232 e. The number of allylic oxidation sites excluding steroid dienone is 1. The number of Topliss-reactive ketones (excluding diaryl/α,β-unsaturated/α-hetero) is 1. The molecule has 0 atom stereocenters. The number of halogens is 2. The van der Waals surface area contributed by atoms with Crippen molar-refractivity contribution in [3.63, 3.8) is 0 Å². The van der Waals surface area contributed by atoms with Gasteiger partial charge in [-0.05, 0) is 54.6 Å². The first-order valence-electron chi connectivity index (χ1n) is 8.62. The Hall–Kier alpha value is -2.27. The third-order valence-electron chi connectivity index (χ3n) is 4.52. The molecule has 0 fully saturated rings. The summed E-state index contributed by atoms with van der Waals surface area (Å²) in [5.74, 6) is 1.36. The molecule has 0 unspecified atom stereocenters. The molecule has 1 aliphatic rings. The van der Waals surface area contributed by atoms with Gasteiger partial charge in [-0.1, -0.05) is 29.3 Å². The van der Waals surface area contributed by atoms with Gasteiger partial charge < -0.3 is 9.47 Å². The van der Waals surface area contributed by atoms with Gasteiger partial charge in [0.05, 0.1) is 5.56 Å². The zero-order chi connectivity index (χ0) is 19.8. The Balaban J connectivity index is 1.58. The van der Waals surface area contributed by atoms with Crippen LogP contribution in [0.25, 0.3) is 6.08 Å². The van der Waals surface area contributed by atoms with Crippen LogP contribution in [0, 0.1) is 13.8 Å². The molecule has 4 rings (SSSR count). The number of hydrogen-bond donors (Lipinski definition) is 0. The first-order chi connectivity index (χ1) is 13.4. The normalized spacial score (nSPS) is 14.3. The van der Waals surface area contributed by atoms with Gasteiger partial charge in [0.15, 0.2) is 5.76 Å². The van der Waals surface area contributed by atoms with E-state index < -0.39 is 0 Å². The van der Waals surface area contributed by atoms with Crippen LogP contribution in [0.4, 0.5) is 0 Å². The van der Waals surface area contributed by atoms with Crippen molar-refractivity contribution in [1.29, 1.82) is 0 Å². The SMILES string of the molecule is Cc1ccsc1/C=C1\Oc2cc(OCc3ccc(Cl)cc3Cl)cc(C)c2C1=O. The summed E-state index contributed by atoms with van der Waals surface area (Å²) in [7, 11) is 0. The van der Waals surface area contributed by atoms with Gasteiger partial charge in [0.25, 0.3) is 0 Å². The van der Waals surface area contributed by atoms with E-state index in [1.807, 2.05) is 37.4 Å². The number of ether oxygens (including phenoxy) is 2.